The molecule has 1 heterocycles. The van der Waals surface area contributed by atoms with E-state index in [-0.39, 0.29) is 1.43 Å². The Bertz CT molecular complexity index is 275. The van der Waals surface area contributed by atoms with Gasteiger partial charge in [0, 0.05) is 26.0 Å². The van der Waals surface area contributed by atoms with Crippen molar-refractivity contribution in [2.24, 2.45) is 0 Å². The van der Waals surface area contributed by atoms with Crippen molar-refractivity contribution in [2.75, 3.05) is 20.3 Å². The molecule has 0 fully saturated rings. The molecule has 0 bridgehead atoms. The van der Waals surface area contributed by atoms with E-state index in [2.05, 4.69) is 35.8 Å². The van der Waals surface area contributed by atoms with Crippen molar-refractivity contribution in [1.29, 1.82) is 0 Å². The molecule has 0 atom stereocenters. The summed E-state index contributed by atoms with van der Waals surface area (Å²) in [6.45, 7) is 5.59. The van der Waals surface area contributed by atoms with Gasteiger partial charge in [0.1, 0.15) is 0 Å². The normalized spacial score (nSPS) is 19.7. The van der Waals surface area contributed by atoms with Crippen molar-refractivity contribution in [2.45, 2.75) is 0 Å². The average molecular weight is 270 g/mol. The molecular weight excluding hydrogens is 257 g/mol. The third kappa shape index (κ3) is 15.6. The standard InChI is InChI=1S/C7H12N2.F6P/c1-3-4-9-6-5-8(2)7-9;1-7(2,3,4,5)6/h3,5-6H,1,4,7H2,2H3;/q;-1/p+1. The van der Waals surface area contributed by atoms with Gasteiger partial charge in [-0.05, 0) is 0 Å². The zero-order chi connectivity index (χ0) is 13.1. The van der Waals surface area contributed by atoms with E-state index in [0.717, 1.165) is 13.2 Å². The van der Waals surface area contributed by atoms with Crippen molar-refractivity contribution in [3.8, 4) is 0 Å². The number of hydrogen-bond donors (Lipinski definition) is 0. The van der Waals surface area contributed by atoms with E-state index in [1.165, 1.54) is 0 Å². The van der Waals surface area contributed by atoms with Crippen LogP contribution in [0.4, 0.5) is 25.2 Å². The molecule has 0 radical (unpaired) electrons. The summed E-state index contributed by atoms with van der Waals surface area (Å²) in [5, 5.41) is 0. The van der Waals surface area contributed by atoms with Gasteiger partial charge in [-0.2, -0.15) is 0 Å². The Hall–Kier alpha value is -0.910. The zero-order valence-corrected chi connectivity index (χ0v) is 9.36. The summed E-state index contributed by atoms with van der Waals surface area (Å²) in [7, 11) is -8.60. The molecule has 1 aliphatic rings. The summed E-state index contributed by atoms with van der Waals surface area (Å²) in [4.78, 5) is 4.32. The fourth-order valence-corrected chi connectivity index (χ4v) is 0.873. The van der Waals surface area contributed by atoms with Crippen LogP contribution in [0.3, 0.4) is 0 Å². The second-order valence-electron chi connectivity index (χ2n) is 3.21. The van der Waals surface area contributed by atoms with Crippen LogP contribution >= 0.6 is 7.81 Å². The predicted octanol–water partition coefficient (Wildman–Crippen LogP) is 4.34. The molecule has 0 N–H and O–H groups in total. The molecule has 0 amide bonds. The molecule has 1 aliphatic heterocycles. The van der Waals surface area contributed by atoms with Gasteiger partial charge in [0.05, 0.1) is 6.67 Å². The minimum absolute atomic E-state index is 0. The summed E-state index contributed by atoms with van der Waals surface area (Å²) in [6, 6.07) is 0. The van der Waals surface area contributed by atoms with E-state index in [4.69, 9.17) is 0 Å². The molecule has 0 aliphatic carbocycles. The summed E-state index contributed by atoms with van der Waals surface area (Å²) < 4.78 is 59.2. The molecule has 98 valence electrons. The minimum Gasteiger partial charge on any atom is 1.00 e. The van der Waals surface area contributed by atoms with Gasteiger partial charge in [0.15, 0.2) is 0 Å². The minimum atomic E-state index is -10.7. The predicted molar refractivity (Wildman–Crippen MR) is 53.4 cm³/mol. The molecule has 0 aromatic heterocycles. The summed E-state index contributed by atoms with van der Waals surface area (Å²) in [6.07, 6.45) is 6.04. The molecule has 0 aromatic carbocycles. The van der Waals surface area contributed by atoms with E-state index < -0.39 is 7.81 Å². The molecule has 0 unspecified atom stereocenters. The Labute approximate surface area is 90.5 Å². The molecule has 16 heavy (non-hydrogen) atoms. The smallest absolute Gasteiger partial charge is 1.00 e. The van der Waals surface area contributed by atoms with Gasteiger partial charge in [-0.25, -0.2) is 0 Å². The van der Waals surface area contributed by atoms with Gasteiger partial charge in [-0.15, -0.1) is 6.58 Å². The third-order valence-electron chi connectivity index (χ3n) is 1.30. The largest absolute Gasteiger partial charge is 1.00 e. The Morgan fingerprint density at radius 3 is 1.94 bits per heavy atom. The molecule has 0 saturated heterocycles. The van der Waals surface area contributed by atoms with Gasteiger partial charge in [0.2, 0.25) is 0 Å². The first-order valence-electron chi connectivity index (χ1n) is 4.08. The van der Waals surface area contributed by atoms with Gasteiger partial charge >= 0.3 is 34.4 Å². The van der Waals surface area contributed by atoms with E-state index in [1.54, 1.807) is 0 Å². The summed E-state index contributed by atoms with van der Waals surface area (Å²) >= 11 is 0. The van der Waals surface area contributed by atoms with Gasteiger partial charge in [-0.3, -0.25) is 0 Å². The van der Waals surface area contributed by atoms with E-state index >= 15 is 0 Å². The first kappa shape index (κ1) is 15.1. The van der Waals surface area contributed by atoms with Crippen LogP contribution in [0.25, 0.3) is 0 Å². The topological polar surface area (TPSA) is 6.48 Å². The SMILES string of the molecule is C=CCN1C=CN(C)C1.F[P-](F)(F)(F)(F)F.[H+]. The van der Waals surface area contributed by atoms with Gasteiger partial charge in [-0.1, -0.05) is 6.08 Å². The van der Waals surface area contributed by atoms with Gasteiger partial charge < -0.3 is 9.80 Å². The summed E-state index contributed by atoms with van der Waals surface area (Å²) in [5.74, 6) is 0. The maximum Gasteiger partial charge on any atom is 1.00 e. The van der Waals surface area contributed by atoms with Gasteiger partial charge in [0.25, 0.3) is 0 Å². The second kappa shape index (κ2) is 3.84. The van der Waals surface area contributed by atoms with Crippen molar-refractivity contribution < 1.29 is 26.6 Å². The molecule has 9 heteroatoms. The van der Waals surface area contributed by atoms with Crippen LogP contribution in [0.15, 0.2) is 25.1 Å². The monoisotopic (exact) mass is 270 g/mol. The molecule has 1 rings (SSSR count). The fourth-order valence-electron chi connectivity index (χ4n) is 0.873. The molecule has 0 spiro atoms. The van der Waals surface area contributed by atoms with Crippen LogP contribution in [0.5, 0.6) is 0 Å². The molecule has 0 aromatic rings. The Morgan fingerprint density at radius 1 is 1.25 bits per heavy atom. The Kier molecular flexibility index (Phi) is 3.62. The molecular formula is C7H13F6N2P. The van der Waals surface area contributed by atoms with Crippen molar-refractivity contribution in [3.05, 3.63) is 25.1 Å². The second-order valence-corrected chi connectivity index (χ2v) is 5.13. The van der Waals surface area contributed by atoms with E-state index in [0.29, 0.717) is 0 Å². The number of nitrogens with zero attached hydrogens (tertiary/aromatic N) is 2. The van der Waals surface area contributed by atoms with Crippen LogP contribution in [0.2, 0.25) is 0 Å². The molecule has 2 nitrogen and oxygen atoms in total. The van der Waals surface area contributed by atoms with Crippen molar-refractivity contribution in [3.63, 3.8) is 0 Å². The number of hydrogen-bond acceptors (Lipinski definition) is 2. The van der Waals surface area contributed by atoms with E-state index in [1.807, 2.05) is 6.08 Å². The maximum absolute atomic E-state index is 10.7. The fraction of sp³-hybridized carbons (Fsp3) is 0.429. The number of halogens is 6. The zero-order valence-electron chi connectivity index (χ0n) is 9.46. The third-order valence-corrected chi connectivity index (χ3v) is 1.30. The van der Waals surface area contributed by atoms with E-state index in [9.17, 15) is 25.2 Å². The Morgan fingerprint density at radius 2 is 1.69 bits per heavy atom. The molecule has 0 saturated carbocycles. The van der Waals surface area contributed by atoms with Crippen LogP contribution in [0, 0.1) is 0 Å². The first-order chi connectivity index (χ1) is 6.78. The Balaban J connectivity index is 0. The quantitative estimate of drug-likeness (QED) is 0.418. The van der Waals surface area contributed by atoms with Crippen molar-refractivity contribution in [1.82, 2.24) is 9.80 Å². The number of rotatable bonds is 2. The van der Waals surface area contributed by atoms with Crippen LogP contribution < -0.4 is 0 Å². The van der Waals surface area contributed by atoms with Crippen molar-refractivity contribution >= 4 is 7.81 Å². The van der Waals surface area contributed by atoms with Crippen LogP contribution in [0.1, 0.15) is 1.43 Å². The first-order valence-corrected chi connectivity index (χ1v) is 6.10. The summed E-state index contributed by atoms with van der Waals surface area (Å²) in [5.41, 5.74) is 0. The maximum atomic E-state index is 9.87. The van der Waals surface area contributed by atoms with Crippen LogP contribution in [-0.4, -0.2) is 30.1 Å². The van der Waals surface area contributed by atoms with Crippen LogP contribution in [-0.2, 0) is 0 Å². The average Bonchev–Trinajstić information content (AvgIpc) is 2.29.